The van der Waals surface area contributed by atoms with Crippen molar-refractivity contribution in [2.24, 2.45) is 0 Å². The number of hydrogen-bond donors (Lipinski definition) is 0. The van der Waals surface area contributed by atoms with E-state index in [-0.39, 0.29) is 12.3 Å². The second kappa shape index (κ2) is 6.06. The predicted octanol–water partition coefficient (Wildman–Crippen LogP) is 3.46. The second-order valence-corrected chi connectivity index (χ2v) is 4.96. The fourth-order valence-corrected chi connectivity index (χ4v) is 2.03. The van der Waals surface area contributed by atoms with E-state index in [4.69, 9.17) is 16.3 Å². The number of Topliss-reactive ketones (excluding diaryl/α,β-unsaturated/α-hetero) is 1. The van der Waals surface area contributed by atoms with Gasteiger partial charge in [0, 0.05) is 5.02 Å². The summed E-state index contributed by atoms with van der Waals surface area (Å²) < 4.78 is 7.39. The number of benzene rings is 1. The monoisotopic (exact) mass is 280 g/mol. The maximum atomic E-state index is 11.3. The highest BCUT2D eigenvalue weighted by molar-refractivity contribution is 6.31. The Morgan fingerprint density at radius 2 is 2.26 bits per heavy atom. The minimum atomic E-state index is 0.0410. The van der Waals surface area contributed by atoms with Crippen molar-refractivity contribution in [2.45, 2.75) is 33.2 Å². The SMILES string of the molecule is CCCCOc1c2ccc(Cl)cc2nn1CC(C)=O. The van der Waals surface area contributed by atoms with Crippen molar-refractivity contribution in [3.8, 4) is 5.88 Å². The lowest BCUT2D eigenvalue weighted by Crippen LogP contribution is -2.11. The van der Waals surface area contributed by atoms with Crippen molar-refractivity contribution < 1.29 is 9.53 Å². The number of halogens is 1. The first-order valence-electron chi connectivity index (χ1n) is 6.40. The van der Waals surface area contributed by atoms with Crippen LogP contribution in [0.1, 0.15) is 26.7 Å². The number of unbranched alkanes of at least 4 members (excludes halogenated alkanes) is 1. The quantitative estimate of drug-likeness (QED) is 0.761. The van der Waals surface area contributed by atoms with Gasteiger partial charge in [-0.05, 0) is 31.5 Å². The van der Waals surface area contributed by atoms with Crippen molar-refractivity contribution in [1.82, 2.24) is 9.78 Å². The molecule has 0 bridgehead atoms. The van der Waals surface area contributed by atoms with Crippen LogP contribution in [0.4, 0.5) is 0 Å². The molecule has 0 aliphatic rings. The van der Waals surface area contributed by atoms with Crippen molar-refractivity contribution in [1.29, 1.82) is 0 Å². The van der Waals surface area contributed by atoms with E-state index in [0.29, 0.717) is 17.5 Å². The van der Waals surface area contributed by atoms with Crippen LogP contribution in [0.3, 0.4) is 0 Å². The van der Waals surface area contributed by atoms with Crippen LogP contribution in [0.15, 0.2) is 18.2 Å². The largest absolute Gasteiger partial charge is 0.477 e. The summed E-state index contributed by atoms with van der Waals surface area (Å²) >= 11 is 5.96. The summed E-state index contributed by atoms with van der Waals surface area (Å²) in [6.45, 7) is 4.48. The van der Waals surface area contributed by atoms with Gasteiger partial charge in [0.25, 0.3) is 0 Å². The average Bonchev–Trinajstić information content (AvgIpc) is 2.66. The van der Waals surface area contributed by atoms with Gasteiger partial charge in [0.2, 0.25) is 5.88 Å². The van der Waals surface area contributed by atoms with Crippen LogP contribution in [0, 0.1) is 0 Å². The molecular formula is C14H17ClN2O2. The molecule has 0 saturated carbocycles. The predicted molar refractivity (Wildman–Crippen MR) is 75.8 cm³/mol. The first-order valence-corrected chi connectivity index (χ1v) is 6.78. The standard InChI is InChI=1S/C14H17ClN2O2/c1-3-4-7-19-14-12-6-5-11(15)8-13(12)16-17(14)9-10(2)18/h5-6,8H,3-4,7,9H2,1-2H3. The van der Waals surface area contributed by atoms with E-state index in [2.05, 4.69) is 12.0 Å². The van der Waals surface area contributed by atoms with Crippen molar-refractivity contribution in [3.63, 3.8) is 0 Å². The van der Waals surface area contributed by atoms with Crippen LogP contribution in [0.5, 0.6) is 5.88 Å². The number of rotatable bonds is 6. The topological polar surface area (TPSA) is 44.1 Å². The normalized spacial score (nSPS) is 10.9. The van der Waals surface area contributed by atoms with Crippen LogP contribution >= 0.6 is 11.6 Å². The molecule has 0 spiro atoms. The number of nitrogens with zero attached hydrogens (tertiary/aromatic N) is 2. The van der Waals surface area contributed by atoms with Gasteiger partial charge in [-0.2, -0.15) is 5.10 Å². The van der Waals surface area contributed by atoms with E-state index in [0.717, 1.165) is 23.7 Å². The molecule has 0 amide bonds. The van der Waals surface area contributed by atoms with E-state index in [1.54, 1.807) is 16.8 Å². The smallest absolute Gasteiger partial charge is 0.220 e. The molecule has 4 nitrogen and oxygen atoms in total. The first-order chi connectivity index (χ1) is 9.11. The molecule has 0 aliphatic heterocycles. The van der Waals surface area contributed by atoms with Crippen LogP contribution in [-0.2, 0) is 11.3 Å². The molecule has 1 aromatic carbocycles. The minimum Gasteiger partial charge on any atom is -0.477 e. The highest BCUT2D eigenvalue weighted by atomic mass is 35.5. The lowest BCUT2D eigenvalue weighted by molar-refractivity contribution is -0.117. The van der Waals surface area contributed by atoms with Crippen LogP contribution in [0.2, 0.25) is 5.02 Å². The Hall–Kier alpha value is -1.55. The summed E-state index contributed by atoms with van der Waals surface area (Å²) in [4.78, 5) is 11.3. The Balaban J connectivity index is 2.39. The second-order valence-electron chi connectivity index (χ2n) is 4.53. The van der Waals surface area contributed by atoms with Gasteiger partial charge in [-0.3, -0.25) is 4.79 Å². The number of carbonyl (C=O) groups excluding carboxylic acids is 1. The highest BCUT2D eigenvalue weighted by Crippen LogP contribution is 2.28. The van der Waals surface area contributed by atoms with E-state index >= 15 is 0 Å². The molecule has 0 unspecified atom stereocenters. The number of ketones is 1. The first kappa shape index (κ1) is 13.9. The van der Waals surface area contributed by atoms with Gasteiger partial charge in [0.15, 0.2) is 5.78 Å². The zero-order valence-electron chi connectivity index (χ0n) is 11.1. The molecule has 0 aliphatic carbocycles. The minimum absolute atomic E-state index is 0.0410. The Bertz CT molecular complexity index is 592. The lowest BCUT2D eigenvalue weighted by Gasteiger charge is -2.07. The number of aromatic nitrogens is 2. The Kier molecular flexibility index (Phi) is 4.43. The molecule has 2 aromatic rings. The fourth-order valence-electron chi connectivity index (χ4n) is 1.87. The molecule has 102 valence electrons. The summed E-state index contributed by atoms with van der Waals surface area (Å²) in [5.41, 5.74) is 0.750. The number of carbonyl (C=O) groups is 1. The van der Waals surface area contributed by atoms with E-state index in [1.165, 1.54) is 6.92 Å². The van der Waals surface area contributed by atoms with Gasteiger partial charge in [-0.1, -0.05) is 24.9 Å². The van der Waals surface area contributed by atoms with E-state index in [9.17, 15) is 4.79 Å². The fraction of sp³-hybridized carbons (Fsp3) is 0.429. The number of hydrogen-bond acceptors (Lipinski definition) is 3. The molecule has 2 rings (SSSR count). The third-order valence-corrected chi connectivity index (χ3v) is 3.00. The summed E-state index contributed by atoms with van der Waals surface area (Å²) in [5, 5.41) is 5.89. The summed E-state index contributed by atoms with van der Waals surface area (Å²) in [6.07, 6.45) is 2.03. The summed E-state index contributed by atoms with van der Waals surface area (Å²) in [7, 11) is 0. The van der Waals surface area contributed by atoms with Crippen LogP contribution in [-0.4, -0.2) is 22.2 Å². The van der Waals surface area contributed by atoms with Gasteiger partial charge in [-0.15, -0.1) is 0 Å². The van der Waals surface area contributed by atoms with Crippen molar-refractivity contribution in [3.05, 3.63) is 23.2 Å². The van der Waals surface area contributed by atoms with E-state index < -0.39 is 0 Å². The number of fused-ring (bicyclic) bond motifs is 1. The molecule has 0 radical (unpaired) electrons. The van der Waals surface area contributed by atoms with Gasteiger partial charge in [-0.25, -0.2) is 4.68 Å². The van der Waals surface area contributed by atoms with Crippen molar-refractivity contribution in [2.75, 3.05) is 6.61 Å². The molecular weight excluding hydrogens is 264 g/mol. The average molecular weight is 281 g/mol. The van der Waals surface area contributed by atoms with Crippen LogP contribution < -0.4 is 4.74 Å². The third-order valence-electron chi connectivity index (χ3n) is 2.76. The van der Waals surface area contributed by atoms with Gasteiger partial charge >= 0.3 is 0 Å². The lowest BCUT2D eigenvalue weighted by atomic mass is 10.2. The van der Waals surface area contributed by atoms with Gasteiger partial charge in [0.05, 0.1) is 17.5 Å². The molecule has 1 aromatic heterocycles. The molecule has 0 fully saturated rings. The van der Waals surface area contributed by atoms with Crippen molar-refractivity contribution >= 4 is 28.3 Å². The Morgan fingerprint density at radius 3 is 2.95 bits per heavy atom. The highest BCUT2D eigenvalue weighted by Gasteiger charge is 2.14. The Labute approximate surface area is 117 Å². The maximum Gasteiger partial charge on any atom is 0.220 e. The molecule has 5 heteroatoms. The summed E-state index contributed by atoms with van der Waals surface area (Å²) in [5.74, 6) is 0.689. The summed E-state index contributed by atoms with van der Waals surface area (Å²) in [6, 6.07) is 5.46. The Morgan fingerprint density at radius 1 is 1.47 bits per heavy atom. The molecule has 0 N–H and O–H groups in total. The van der Waals surface area contributed by atoms with Crippen LogP contribution in [0.25, 0.3) is 10.9 Å². The molecule has 19 heavy (non-hydrogen) atoms. The van der Waals surface area contributed by atoms with Gasteiger partial charge < -0.3 is 4.74 Å². The maximum absolute atomic E-state index is 11.3. The zero-order chi connectivity index (χ0) is 13.8. The third kappa shape index (κ3) is 3.26. The van der Waals surface area contributed by atoms with E-state index in [1.807, 2.05) is 6.07 Å². The molecule has 1 heterocycles. The molecule has 0 saturated heterocycles. The molecule has 0 atom stereocenters. The van der Waals surface area contributed by atoms with Gasteiger partial charge in [0.1, 0.15) is 6.54 Å². The number of ether oxygens (including phenoxy) is 1. The zero-order valence-corrected chi connectivity index (χ0v) is 11.9.